The molecular weight excluding hydrogens is 430 g/mol. The van der Waals surface area contributed by atoms with Crippen LogP contribution in [0.4, 0.5) is 0 Å². The van der Waals surface area contributed by atoms with Crippen LogP contribution in [0.25, 0.3) is 56.1 Å². The van der Waals surface area contributed by atoms with E-state index < -0.39 is 166 Å². The van der Waals surface area contributed by atoms with Gasteiger partial charge in [-0.25, -0.2) is 15.0 Å². The van der Waals surface area contributed by atoms with E-state index in [4.69, 9.17) is 29.4 Å². The second kappa shape index (κ2) is 7.89. The lowest BCUT2D eigenvalue weighted by Crippen LogP contribution is -2.01. The summed E-state index contributed by atoms with van der Waals surface area (Å²) in [5.41, 5.74) is -2.62. The third-order valence-electron chi connectivity index (χ3n) is 5.00. The lowest BCUT2D eigenvalue weighted by molar-refractivity contribution is 0.487. The number of nitrogens with zero attached hydrogens (tertiary/aromatic N) is 3. The molecule has 4 heteroatoms. The minimum atomic E-state index is -0.826. The fourth-order valence-corrected chi connectivity index (χ4v) is 3.50. The van der Waals surface area contributed by atoms with Crippen molar-refractivity contribution in [2.45, 2.75) is 0 Å². The first-order valence-electron chi connectivity index (χ1n) is 19.5. The van der Waals surface area contributed by atoms with Crippen LogP contribution in [-0.2, 0) is 0 Å². The molecule has 0 aliphatic carbocycles. The van der Waals surface area contributed by atoms with E-state index in [1.807, 2.05) is 0 Å². The summed E-state index contributed by atoms with van der Waals surface area (Å²) >= 11 is 0. The zero-order chi connectivity index (χ0) is 39.7. The molecule has 1 aromatic heterocycles. The first kappa shape index (κ1) is 8.43. The maximum atomic E-state index is 9.36. The van der Waals surface area contributed by atoms with Crippen LogP contribution in [0.1, 0.15) is 26.0 Å². The van der Waals surface area contributed by atoms with Crippen molar-refractivity contribution in [2.75, 3.05) is 0 Å². The number of ether oxygens (including phenoxy) is 1. The maximum absolute atomic E-state index is 9.36. The normalized spacial score (nSPS) is 19.3. The Morgan fingerprint density at radius 3 is 1.74 bits per heavy atom. The smallest absolute Gasteiger partial charge is 0.164 e. The van der Waals surface area contributed by atoms with Gasteiger partial charge in [-0.1, -0.05) is 90.6 Å². The van der Waals surface area contributed by atoms with Gasteiger partial charge in [0.15, 0.2) is 17.5 Å². The fourth-order valence-electron chi connectivity index (χ4n) is 3.50. The molecule has 1 aliphatic rings. The molecule has 0 amide bonds. The predicted octanol–water partition coefficient (Wildman–Crippen LogP) is 7.80. The Hall–Kier alpha value is -4.83. The van der Waals surface area contributed by atoms with Crippen LogP contribution in [0.5, 0.6) is 11.5 Å². The topological polar surface area (TPSA) is 47.9 Å². The summed E-state index contributed by atoms with van der Waals surface area (Å²) in [6.45, 7) is 0. The molecule has 0 atom stereocenters. The zero-order valence-corrected chi connectivity index (χ0v) is 17.2. The summed E-state index contributed by atoms with van der Waals surface area (Å²) in [4.78, 5) is 12.7. The van der Waals surface area contributed by atoms with Crippen molar-refractivity contribution < 1.29 is 30.8 Å². The summed E-state index contributed by atoms with van der Waals surface area (Å²) < 4.78 is 167. The van der Waals surface area contributed by atoms with Gasteiger partial charge in [-0.15, -0.1) is 0 Å². The lowest BCUT2D eigenvalue weighted by Gasteiger charge is -2.21. The molecule has 164 valence electrons. The molecule has 0 radical (unpaired) electrons. The van der Waals surface area contributed by atoms with Crippen LogP contribution in [0.2, 0.25) is 0 Å². The van der Waals surface area contributed by atoms with Gasteiger partial charge in [0.2, 0.25) is 0 Å². The Morgan fingerprint density at radius 2 is 1.09 bits per heavy atom. The van der Waals surface area contributed by atoms with Crippen LogP contribution in [0, 0.1) is 0 Å². The van der Waals surface area contributed by atoms with Gasteiger partial charge >= 0.3 is 0 Å². The highest BCUT2D eigenvalue weighted by atomic mass is 16.5. The van der Waals surface area contributed by atoms with Crippen molar-refractivity contribution in [3.05, 3.63) is 115 Å². The molecule has 0 saturated heterocycles. The predicted molar refractivity (Wildman–Crippen MR) is 139 cm³/mol. The number of rotatable bonds is 3. The van der Waals surface area contributed by atoms with Crippen LogP contribution in [-0.4, -0.2) is 15.0 Å². The van der Waals surface area contributed by atoms with E-state index in [0.717, 1.165) is 0 Å². The molecule has 0 saturated carbocycles. The van der Waals surface area contributed by atoms with Crippen LogP contribution in [0.15, 0.2) is 115 Å². The minimum Gasteiger partial charge on any atom is -0.456 e. The average Bonchev–Trinajstić information content (AvgIpc) is 3.14. The first-order chi connectivity index (χ1) is 25.2. The van der Waals surface area contributed by atoms with Gasteiger partial charge in [-0.3, -0.25) is 0 Å². The lowest BCUT2D eigenvalue weighted by atomic mass is 9.93. The maximum Gasteiger partial charge on any atom is 0.164 e. The molecule has 2 heterocycles. The second-order valence-electron chi connectivity index (χ2n) is 7.07. The van der Waals surface area contributed by atoms with Crippen molar-refractivity contribution in [2.24, 2.45) is 0 Å². The Kier molecular flexibility index (Phi) is 1.90. The Labute approximate surface area is 229 Å². The molecule has 35 heavy (non-hydrogen) atoms. The third kappa shape index (κ3) is 3.35. The van der Waals surface area contributed by atoms with Crippen molar-refractivity contribution in [1.82, 2.24) is 15.0 Å². The molecule has 6 aromatic rings. The van der Waals surface area contributed by atoms with Gasteiger partial charge in [-0.2, -0.15) is 0 Å². The SMILES string of the molecule is [2H]c1c([2H])c([2H])c(-c2nc(-c3c([2H])c([2H])c([2H])c([2H])c3[2H])nc(-c3c([2H])c([2H])c4c(c3[2H])-c3c([2H])c([2H])c([2H])c5c([2H])c([2H])c([2H])c(c35)O4)n2)c([2H])c1[2H]. The molecule has 5 aromatic carbocycles. The Balaban J connectivity index is 1.66. The van der Waals surface area contributed by atoms with E-state index in [9.17, 15) is 1.37 Å². The molecule has 4 nitrogen and oxygen atoms in total. The molecule has 0 unspecified atom stereocenters. The van der Waals surface area contributed by atoms with Gasteiger partial charge in [0, 0.05) is 27.6 Å². The van der Waals surface area contributed by atoms with Crippen LogP contribution < -0.4 is 4.74 Å². The van der Waals surface area contributed by atoms with Crippen molar-refractivity contribution >= 4 is 10.8 Å². The first-order valence-corrected chi connectivity index (χ1v) is 10.00. The van der Waals surface area contributed by atoms with E-state index in [1.54, 1.807) is 0 Å². The highest BCUT2D eigenvalue weighted by Gasteiger charge is 2.21. The fraction of sp³-hybridized carbons (Fsp3) is 0. The average molecular weight is 469 g/mol. The number of benzene rings is 5. The number of fused-ring (bicyclic) bond motifs is 2. The molecule has 0 bridgehead atoms. The highest BCUT2D eigenvalue weighted by Crippen LogP contribution is 2.47. The second-order valence-corrected chi connectivity index (χ2v) is 7.07. The van der Waals surface area contributed by atoms with Crippen molar-refractivity contribution in [3.8, 4) is 56.8 Å². The van der Waals surface area contributed by atoms with Gasteiger partial charge in [-0.05, 0) is 35.1 Å². The molecule has 0 spiro atoms. The van der Waals surface area contributed by atoms with Crippen molar-refractivity contribution in [3.63, 3.8) is 0 Å². The van der Waals surface area contributed by atoms with E-state index in [1.165, 1.54) is 0 Å². The Morgan fingerprint density at radius 1 is 0.486 bits per heavy atom. The van der Waals surface area contributed by atoms with Crippen LogP contribution in [0.3, 0.4) is 0 Å². The summed E-state index contributed by atoms with van der Waals surface area (Å²) in [6, 6.07) is -14.3. The third-order valence-corrected chi connectivity index (χ3v) is 5.00. The van der Waals surface area contributed by atoms with Gasteiger partial charge < -0.3 is 4.74 Å². The zero-order valence-electron chi connectivity index (χ0n) is 36.2. The number of hydrogen-bond donors (Lipinski definition) is 0. The molecular formula is C31H19N3O. The summed E-state index contributed by atoms with van der Waals surface area (Å²) in [7, 11) is 0. The number of hydrogen-bond acceptors (Lipinski definition) is 4. The van der Waals surface area contributed by atoms with Gasteiger partial charge in [0.1, 0.15) is 11.5 Å². The van der Waals surface area contributed by atoms with E-state index in [-0.39, 0.29) is 16.3 Å². The van der Waals surface area contributed by atoms with E-state index >= 15 is 0 Å². The monoisotopic (exact) mass is 468 g/mol. The minimum absolute atomic E-state index is 0.244. The number of aromatic nitrogens is 3. The molecule has 0 fully saturated rings. The van der Waals surface area contributed by atoms with Crippen molar-refractivity contribution in [1.29, 1.82) is 0 Å². The van der Waals surface area contributed by atoms with Crippen LogP contribution >= 0.6 is 0 Å². The van der Waals surface area contributed by atoms with E-state index in [0.29, 0.717) is 0 Å². The summed E-state index contributed by atoms with van der Waals surface area (Å²) in [6.07, 6.45) is 0. The summed E-state index contributed by atoms with van der Waals surface area (Å²) in [5, 5.41) is -0.589. The van der Waals surface area contributed by atoms with E-state index in [2.05, 4.69) is 15.0 Å². The molecule has 1 aliphatic heterocycles. The quantitative estimate of drug-likeness (QED) is 0.265. The Bertz CT molecular complexity index is 2600. The summed E-state index contributed by atoms with van der Waals surface area (Å²) in [5.74, 6) is -3.09. The highest BCUT2D eigenvalue weighted by molar-refractivity contribution is 6.04. The van der Waals surface area contributed by atoms with Gasteiger partial charge in [0.25, 0.3) is 0 Å². The molecule has 0 N–H and O–H groups in total. The standard InChI is InChI=1S/C31H19N3O/c1-3-9-21(10-4-1)29-32-30(22-11-5-2-6-12-22)34-31(33-29)23-17-18-26-25(19-23)24-15-7-13-20-14-8-16-27(35-26)28(20)24/h1-19H/i1D,2D,3D,4D,5D,6D,7D,8D,9D,10D,11D,12D,13D,14D,15D,16D,17D,18D,19D. The largest absolute Gasteiger partial charge is 0.456 e. The molecule has 7 rings (SSSR count). The van der Waals surface area contributed by atoms with Gasteiger partial charge in [0.05, 0.1) is 26.0 Å².